The molecule has 3 rings (SSSR count). The van der Waals surface area contributed by atoms with Gasteiger partial charge in [0, 0.05) is 18.0 Å². The van der Waals surface area contributed by atoms with Crippen molar-refractivity contribution in [3.63, 3.8) is 0 Å². The van der Waals surface area contributed by atoms with E-state index >= 15 is 0 Å². The van der Waals surface area contributed by atoms with E-state index in [1.807, 2.05) is 0 Å². The van der Waals surface area contributed by atoms with Crippen LogP contribution in [0.4, 0.5) is 29.3 Å². The lowest BCUT2D eigenvalue weighted by Gasteiger charge is -2.24. The highest BCUT2D eigenvalue weighted by Crippen LogP contribution is 2.36. The summed E-state index contributed by atoms with van der Waals surface area (Å²) in [5.41, 5.74) is -1.62. The Morgan fingerprint density at radius 2 is 1.60 bits per heavy atom. The third kappa shape index (κ3) is 7.36. The van der Waals surface area contributed by atoms with Gasteiger partial charge >= 0.3 is 18.2 Å². The summed E-state index contributed by atoms with van der Waals surface area (Å²) in [5.74, 6) is -0.496. The second-order valence-electron chi connectivity index (χ2n) is 8.31. The molecule has 3 N–H and O–H groups in total. The van der Waals surface area contributed by atoms with Crippen molar-refractivity contribution in [1.82, 2.24) is 4.98 Å². The fourth-order valence-electron chi connectivity index (χ4n) is 2.84. The Morgan fingerprint density at radius 1 is 0.914 bits per heavy atom. The van der Waals surface area contributed by atoms with Crippen LogP contribution in [0.1, 0.15) is 36.8 Å². The standard InChI is InChI=1S/C24H22F3N3O5/c1-23(2,3)35-20-9-4-14(24(25,26)27)12-18(20)30-22(33)29-15-5-7-16(8-6-15)34-17-10-11-28-19(13-17)21(31)32/h4-13H,1-3H3,(H,31,32)(H2,29,30,33). The van der Waals surface area contributed by atoms with Gasteiger partial charge in [-0.2, -0.15) is 13.2 Å². The molecule has 2 aromatic carbocycles. The highest BCUT2D eigenvalue weighted by atomic mass is 19.4. The Labute approximate surface area is 198 Å². The molecule has 1 aromatic heterocycles. The number of nitrogens with zero attached hydrogens (tertiary/aromatic N) is 1. The van der Waals surface area contributed by atoms with E-state index in [4.69, 9.17) is 14.6 Å². The summed E-state index contributed by atoms with van der Waals surface area (Å²) in [6, 6.07) is 10.9. The molecule has 0 aliphatic carbocycles. The predicted octanol–water partition coefficient (Wildman–Crippen LogP) is 6.41. The normalized spacial score (nSPS) is 11.5. The van der Waals surface area contributed by atoms with Crippen LogP contribution < -0.4 is 20.1 Å². The minimum absolute atomic E-state index is 0.0856. The van der Waals surface area contributed by atoms with Crippen LogP contribution in [0.2, 0.25) is 0 Å². The van der Waals surface area contributed by atoms with Crippen LogP contribution in [0.15, 0.2) is 60.8 Å². The van der Waals surface area contributed by atoms with Crippen molar-refractivity contribution >= 4 is 23.4 Å². The molecule has 184 valence electrons. The van der Waals surface area contributed by atoms with Gasteiger partial charge in [0.1, 0.15) is 22.8 Å². The zero-order chi connectivity index (χ0) is 25.8. The van der Waals surface area contributed by atoms with E-state index in [0.29, 0.717) is 11.4 Å². The zero-order valence-electron chi connectivity index (χ0n) is 18.9. The molecule has 0 radical (unpaired) electrons. The number of carbonyl (C=O) groups is 2. The average Bonchev–Trinajstić information content (AvgIpc) is 2.75. The van der Waals surface area contributed by atoms with Gasteiger partial charge in [-0.1, -0.05) is 0 Å². The van der Waals surface area contributed by atoms with E-state index in [1.165, 1.54) is 42.6 Å². The molecule has 2 amide bonds. The fraction of sp³-hybridized carbons (Fsp3) is 0.208. The zero-order valence-corrected chi connectivity index (χ0v) is 18.9. The van der Waals surface area contributed by atoms with Crippen LogP contribution in [-0.4, -0.2) is 27.7 Å². The maximum absolute atomic E-state index is 13.2. The van der Waals surface area contributed by atoms with E-state index in [0.717, 1.165) is 18.2 Å². The molecule has 35 heavy (non-hydrogen) atoms. The Morgan fingerprint density at radius 3 is 2.20 bits per heavy atom. The van der Waals surface area contributed by atoms with Crippen LogP contribution in [-0.2, 0) is 6.18 Å². The molecule has 11 heteroatoms. The van der Waals surface area contributed by atoms with Crippen molar-refractivity contribution in [3.05, 3.63) is 72.1 Å². The van der Waals surface area contributed by atoms with Gasteiger partial charge in [0.05, 0.1) is 11.3 Å². The van der Waals surface area contributed by atoms with Gasteiger partial charge in [0.25, 0.3) is 0 Å². The number of urea groups is 1. The number of hydrogen-bond acceptors (Lipinski definition) is 5. The van der Waals surface area contributed by atoms with Crippen LogP contribution in [0.25, 0.3) is 0 Å². The first-order valence-electron chi connectivity index (χ1n) is 10.3. The number of nitrogens with one attached hydrogen (secondary N) is 2. The summed E-state index contributed by atoms with van der Waals surface area (Å²) < 4.78 is 50.7. The van der Waals surface area contributed by atoms with Crippen LogP contribution in [0.3, 0.4) is 0 Å². The Balaban J connectivity index is 1.71. The second-order valence-corrected chi connectivity index (χ2v) is 8.31. The first kappa shape index (κ1) is 25.3. The van der Waals surface area contributed by atoms with Gasteiger partial charge in [-0.05, 0) is 69.3 Å². The highest BCUT2D eigenvalue weighted by molar-refractivity contribution is 6.00. The number of halogens is 3. The molecule has 0 saturated heterocycles. The summed E-state index contributed by atoms with van der Waals surface area (Å²) in [4.78, 5) is 27.2. The lowest BCUT2D eigenvalue weighted by molar-refractivity contribution is -0.137. The maximum atomic E-state index is 13.2. The molecule has 8 nitrogen and oxygen atoms in total. The monoisotopic (exact) mass is 489 g/mol. The van der Waals surface area contributed by atoms with Gasteiger partial charge in [0.15, 0.2) is 5.69 Å². The molecule has 0 spiro atoms. The van der Waals surface area contributed by atoms with E-state index in [2.05, 4.69) is 15.6 Å². The fourth-order valence-corrected chi connectivity index (χ4v) is 2.84. The Bertz CT molecular complexity index is 1220. The number of rotatable bonds is 6. The van der Waals surface area contributed by atoms with E-state index < -0.39 is 29.3 Å². The van der Waals surface area contributed by atoms with Crippen molar-refractivity contribution in [3.8, 4) is 17.2 Å². The number of benzene rings is 2. The van der Waals surface area contributed by atoms with E-state index in [-0.39, 0.29) is 22.9 Å². The van der Waals surface area contributed by atoms with Crippen molar-refractivity contribution in [2.24, 2.45) is 0 Å². The third-order valence-corrected chi connectivity index (χ3v) is 4.27. The number of hydrogen-bond donors (Lipinski definition) is 3. The van der Waals surface area contributed by atoms with Gasteiger partial charge in [-0.3, -0.25) is 0 Å². The number of aromatic nitrogens is 1. The SMILES string of the molecule is CC(C)(C)Oc1ccc(C(F)(F)F)cc1NC(=O)Nc1ccc(Oc2ccnc(C(=O)O)c2)cc1. The van der Waals surface area contributed by atoms with Crippen molar-refractivity contribution in [2.75, 3.05) is 10.6 Å². The minimum atomic E-state index is -4.59. The summed E-state index contributed by atoms with van der Waals surface area (Å²) in [5, 5.41) is 13.9. The molecule has 0 saturated carbocycles. The first-order chi connectivity index (χ1) is 16.3. The lowest BCUT2D eigenvalue weighted by atomic mass is 10.1. The summed E-state index contributed by atoms with van der Waals surface area (Å²) >= 11 is 0. The van der Waals surface area contributed by atoms with Crippen LogP contribution in [0.5, 0.6) is 17.2 Å². The first-order valence-corrected chi connectivity index (χ1v) is 10.3. The van der Waals surface area contributed by atoms with Crippen molar-refractivity contribution in [1.29, 1.82) is 0 Å². The molecule has 0 aliphatic rings. The number of pyridine rings is 1. The summed E-state index contributed by atoms with van der Waals surface area (Å²) in [6.45, 7) is 5.19. The van der Waals surface area contributed by atoms with E-state index in [9.17, 15) is 22.8 Å². The smallest absolute Gasteiger partial charge is 0.416 e. The molecule has 3 aromatic rings. The number of ether oxygens (including phenoxy) is 2. The number of anilines is 2. The molecule has 0 atom stereocenters. The van der Waals surface area contributed by atoms with E-state index in [1.54, 1.807) is 20.8 Å². The number of alkyl halides is 3. The molecular weight excluding hydrogens is 467 g/mol. The third-order valence-electron chi connectivity index (χ3n) is 4.27. The van der Waals surface area contributed by atoms with Gasteiger partial charge < -0.3 is 25.2 Å². The molecule has 0 fully saturated rings. The van der Waals surface area contributed by atoms with Gasteiger partial charge in [-0.25, -0.2) is 14.6 Å². The number of carbonyl (C=O) groups excluding carboxylic acids is 1. The molecule has 0 bridgehead atoms. The average molecular weight is 489 g/mol. The summed E-state index contributed by atoms with van der Waals surface area (Å²) in [7, 11) is 0. The van der Waals surface area contributed by atoms with Crippen LogP contribution in [0, 0.1) is 0 Å². The molecule has 0 aliphatic heterocycles. The Hall–Kier alpha value is -4.28. The van der Waals surface area contributed by atoms with Crippen molar-refractivity contribution < 1.29 is 37.3 Å². The molecule has 1 heterocycles. The van der Waals surface area contributed by atoms with Gasteiger partial charge in [-0.15, -0.1) is 0 Å². The summed E-state index contributed by atoms with van der Waals surface area (Å²) in [6.07, 6.45) is -3.30. The highest BCUT2D eigenvalue weighted by Gasteiger charge is 2.32. The van der Waals surface area contributed by atoms with Gasteiger partial charge in [0.2, 0.25) is 0 Å². The number of amides is 2. The molecular formula is C24H22F3N3O5. The maximum Gasteiger partial charge on any atom is 0.416 e. The minimum Gasteiger partial charge on any atom is -0.486 e. The quantitative estimate of drug-likeness (QED) is 0.369. The topological polar surface area (TPSA) is 110 Å². The Kier molecular flexibility index (Phi) is 7.18. The molecule has 0 unspecified atom stereocenters. The van der Waals surface area contributed by atoms with Crippen LogP contribution >= 0.6 is 0 Å². The predicted molar refractivity (Wildman–Crippen MR) is 122 cm³/mol. The number of aromatic carboxylic acids is 1. The lowest BCUT2D eigenvalue weighted by Crippen LogP contribution is -2.25. The largest absolute Gasteiger partial charge is 0.486 e. The number of carboxylic acids is 1. The van der Waals surface area contributed by atoms with Crippen molar-refractivity contribution in [2.45, 2.75) is 32.5 Å². The number of carboxylic acid groups (broad SMARTS) is 1. The second kappa shape index (κ2) is 9.92.